The average molecular weight is 269 g/mol. The van der Waals surface area contributed by atoms with E-state index in [1.54, 1.807) is 12.1 Å². The second-order valence-corrected chi connectivity index (χ2v) is 5.20. The Morgan fingerprint density at radius 2 is 1.84 bits per heavy atom. The molecule has 1 aliphatic rings. The van der Waals surface area contributed by atoms with E-state index in [1.807, 2.05) is 12.1 Å². The van der Waals surface area contributed by atoms with E-state index in [9.17, 15) is 0 Å². The SMILES string of the molecule is N#Cc1ccc(Cl)c(N2CC(c3ccccc3)C2)c1. The molecule has 0 aromatic heterocycles. The van der Waals surface area contributed by atoms with Gasteiger partial charge in [-0.25, -0.2) is 0 Å². The minimum Gasteiger partial charge on any atom is -0.369 e. The van der Waals surface area contributed by atoms with Crippen LogP contribution < -0.4 is 4.90 Å². The third-order valence-electron chi connectivity index (χ3n) is 3.57. The molecule has 1 aliphatic heterocycles. The first-order chi connectivity index (χ1) is 9.28. The molecule has 0 radical (unpaired) electrons. The van der Waals surface area contributed by atoms with Gasteiger partial charge >= 0.3 is 0 Å². The first-order valence-electron chi connectivity index (χ1n) is 6.27. The van der Waals surface area contributed by atoms with Crippen LogP contribution in [0, 0.1) is 11.3 Å². The van der Waals surface area contributed by atoms with Crippen molar-refractivity contribution in [2.75, 3.05) is 18.0 Å². The van der Waals surface area contributed by atoms with Crippen LogP contribution in [0.25, 0.3) is 0 Å². The molecule has 94 valence electrons. The van der Waals surface area contributed by atoms with Gasteiger partial charge in [-0.2, -0.15) is 5.26 Å². The highest BCUT2D eigenvalue weighted by molar-refractivity contribution is 6.33. The molecular weight excluding hydrogens is 256 g/mol. The summed E-state index contributed by atoms with van der Waals surface area (Å²) < 4.78 is 0. The van der Waals surface area contributed by atoms with Gasteiger partial charge in [0.05, 0.1) is 22.3 Å². The topological polar surface area (TPSA) is 27.0 Å². The van der Waals surface area contributed by atoms with E-state index in [2.05, 4.69) is 35.2 Å². The lowest BCUT2D eigenvalue weighted by atomic mass is 9.91. The number of nitrogens with zero attached hydrogens (tertiary/aromatic N) is 2. The molecule has 0 amide bonds. The first kappa shape index (κ1) is 12.1. The van der Waals surface area contributed by atoms with E-state index < -0.39 is 0 Å². The van der Waals surface area contributed by atoms with Crippen LogP contribution in [0.15, 0.2) is 48.5 Å². The predicted octanol–water partition coefficient (Wildman–Crippen LogP) is 3.82. The molecule has 1 heterocycles. The Morgan fingerprint density at radius 3 is 2.53 bits per heavy atom. The maximum atomic E-state index is 8.94. The van der Waals surface area contributed by atoms with E-state index in [0.29, 0.717) is 16.5 Å². The van der Waals surface area contributed by atoms with Crippen molar-refractivity contribution in [3.8, 4) is 6.07 Å². The Bertz CT molecular complexity index is 625. The number of hydrogen-bond acceptors (Lipinski definition) is 2. The molecule has 1 saturated heterocycles. The maximum absolute atomic E-state index is 8.94. The fourth-order valence-electron chi connectivity index (χ4n) is 2.44. The van der Waals surface area contributed by atoms with E-state index >= 15 is 0 Å². The van der Waals surface area contributed by atoms with Crippen molar-refractivity contribution in [2.24, 2.45) is 0 Å². The molecule has 0 bridgehead atoms. The molecule has 3 rings (SSSR count). The fourth-order valence-corrected chi connectivity index (χ4v) is 2.67. The predicted molar refractivity (Wildman–Crippen MR) is 77.6 cm³/mol. The van der Waals surface area contributed by atoms with Crippen LogP contribution in [0.5, 0.6) is 0 Å². The van der Waals surface area contributed by atoms with Gasteiger partial charge in [0.25, 0.3) is 0 Å². The zero-order valence-electron chi connectivity index (χ0n) is 10.4. The van der Waals surface area contributed by atoms with Gasteiger partial charge < -0.3 is 4.90 Å². The van der Waals surface area contributed by atoms with Gasteiger partial charge in [-0.3, -0.25) is 0 Å². The van der Waals surface area contributed by atoms with Crippen LogP contribution in [0.2, 0.25) is 5.02 Å². The highest BCUT2D eigenvalue weighted by Gasteiger charge is 2.29. The summed E-state index contributed by atoms with van der Waals surface area (Å²) in [6, 6.07) is 18.1. The molecule has 19 heavy (non-hydrogen) atoms. The van der Waals surface area contributed by atoms with E-state index in [-0.39, 0.29) is 0 Å². The second kappa shape index (κ2) is 4.95. The summed E-state index contributed by atoms with van der Waals surface area (Å²) in [5.74, 6) is 0.558. The van der Waals surface area contributed by atoms with Crippen molar-refractivity contribution in [3.05, 3.63) is 64.7 Å². The first-order valence-corrected chi connectivity index (χ1v) is 6.65. The lowest BCUT2D eigenvalue weighted by Gasteiger charge is -2.41. The quantitative estimate of drug-likeness (QED) is 0.828. The Balaban J connectivity index is 1.76. The van der Waals surface area contributed by atoms with Crippen molar-refractivity contribution >= 4 is 17.3 Å². The molecule has 0 N–H and O–H groups in total. The second-order valence-electron chi connectivity index (χ2n) is 4.79. The molecule has 0 atom stereocenters. The molecule has 0 spiro atoms. The molecule has 2 aromatic rings. The summed E-state index contributed by atoms with van der Waals surface area (Å²) in [4.78, 5) is 2.22. The van der Waals surface area contributed by atoms with Gasteiger partial charge in [0.1, 0.15) is 0 Å². The zero-order chi connectivity index (χ0) is 13.2. The van der Waals surface area contributed by atoms with E-state index in [4.69, 9.17) is 16.9 Å². The summed E-state index contributed by atoms with van der Waals surface area (Å²) >= 11 is 6.20. The van der Waals surface area contributed by atoms with Crippen LogP contribution in [0.1, 0.15) is 17.0 Å². The summed E-state index contributed by atoms with van der Waals surface area (Å²) in [6.07, 6.45) is 0. The summed E-state index contributed by atoms with van der Waals surface area (Å²) in [7, 11) is 0. The molecule has 0 aliphatic carbocycles. The number of rotatable bonds is 2. The summed E-state index contributed by atoms with van der Waals surface area (Å²) in [5, 5.41) is 9.66. The number of halogens is 1. The highest BCUT2D eigenvalue weighted by Crippen LogP contribution is 2.35. The van der Waals surface area contributed by atoms with E-state index in [1.165, 1.54) is 5.56 Å². The van der Waals surface area contributed by atoms with Crippen LogP contribution in [0.3, 0.4) is 0 Å². The third kappa shape index (κ3) is 2.30. The Morgan fingerprint density at radius 1 is 1.11 bits per heavy atom. The van der Waals surface area contributed by atoms with Crippen molar-refractivity contribution in [1.82, 2.24) is 0 Å². The van der Waals surface area contributed by atoms with Crippen LogP contribution in [-0.4, -0.2) is 13.1 Å². The Hall–Kier alpha value is -1.98. The minimum absolute atomic E-state index is 0.558. The van der Waals surface area contributed by atoms with Gasteiger partial charge in [-0.1, -0.05) is 41.9 Å². The van der Waals surface area contributed by atoms with Crippen molar-refractivity contribution in [2.45, 2.75) is 5.92 Å². The van der Waals surface area contributed by atoms with Crippen molar-refractivity contribution in [1.29, 1.82) is 5.26 Å². The minimum atomic E-state index is 0.558. The van der Waals surface area contributed by atoms with Crippen LogP contribution in [0.4, 0.5) is 5.69 Å². The molecule has 1 fully saturated rings. The van der Waals surface area contributed by atoms with Gasteiger partial charge in [0.2, 0.25) is 0 Å². The number of nitriles is 1. The van der Waals surface area contributed by atoms with E-state index in [0.717, 1.165) is 18.8 Å². The molecule has 0 saturated carbocycles. The van der Waals surface area contributed by atoms with Crippen LogP contribution in [-0.2, 0) is 0 Å². The molecular formula is C16H13ClN2. The summed E-state index contributed by atoms with van der Waals surface area (Å²) in [5.41, 5.74) is 2.99. The monoisotopic (exact) mass is 268 g/mol. The Kier molecular flexibility index (Phi) is 3.15. The standard InChI is InChI=1S/C16H13ClN2/c17-15-7-6-12(9-18)8-16(15)19-10-14(11-19)13-4-2-1-3-5-13/h1-8,14H,10-11H2. The third-order valence-corrected chi connectivity index (χ3v) is 3.89. The highest BCUT2D eigenvalue weighted by atomic mass is 35.5. The van der Waals surface area contributed by atoms with Crippen molar-refractivity contribution < 1.29 is 0 Å². The largest absolute Gasteiger partial charge is 0.369 e. The molecule has 0 unspecified atom stereocenters. The fraction of sp³-hybridized carbons (Fsp3) is 0.188. The van der Waals surface area contributed by atoms with Gasteiger partial charge in [-0.15, -0.1) is 0 Å². The van der Waals surface area contributed by atoms with Gasteiger partial charge in [0.15, 0.2) is 0 Å². The maximum Gasteiger partial charge on any atom is 0.0992 e. The molecule has 3 heteroatoms. The Labute approximate surface area is 117 Å². The number of benzene rings is 2. The average Bonchev–Trinajstić information content (AvgIpc) is 2.40. The zero-order valence-corrected chi connectivity index (χ0v) is 11.1. The lowest BCUT2D eigenvalue weighted by Crippen LogP contribution is -2.45. The number of anilines is 1. The number of hydrogen-bond donors (Lipinski definition) is 0. The normalized spacial score (nSPS) is 14.8. The molecule has 2 aromatic carbocycles. The lowest BCUT2D eigenvalue weighted by molar-refractivity contribution is 0.525. The summed E-state index contributed by atoms with van der Waals surface area (Å²) in [6.45, 7) is 1.91. The smallest absolute Gasteiger partial charge is 0.0992 e. The van der Waals surface area contributed by atoms with Crippen molar-refractivity contribution in [3.63, 3.8) is 0 Å². The molecule has 2 nitrogen and oxygen atoms in total. The van der Waals surface area contributed by atoms with Crippen LogP contribution >= 0.6 is 11.6 Å². The van der Waals surface area contributed by atoms with Gasteiger partial charge in [-0.05, 0) is 23.8 Å². The van der Waals surface area contributed by atoms with Gasteiger partial charge in [0, 0.05) is 19.0 Å².